The van der Waals surface area contributed by atoms with Gasteiger partial charge in [-0.25, -0.2) is 0 Å². The number of rotatable bonds is 0. The van der Waals surface area contributed by atoms with Crippen molar-refractivity contribution in [2.45, 2.75) is 48.0 Å². The Labute approximate surface area is 73.4 Å². The molecule has 0 spiro atoms. The third kappa shape index (κ3) is 97200. The smallest absolute Gasteiger partial charge is 0.0106 e. The maximum Gasteiger partial charge on any atom is -0.0106 e. The van der Waals surface area contributed by atoms with Crippen LogP contribution in [0.2, 0.25) is 0 Å². The van der Waals surface area contributed by atoms with Gasteiger partial charge in [0.15, 0.2) is 0 Å². The Morgan fingerprint density at radius 3 is 0.727 bits per heavy atom. The summed E-state index contributed by atoms with van der Waals surface area (Å²) in [4.78, 5) is 0. The average molecular weight is 164 g/mol. The molecule has 0 aromatic carbocycles. The van der Waals surface area contributed by atoms with E-state index >= 15 is 0 Å². The van der Waals surface area contributed by atoms with E-state index in [0.717, 1.165) is 13.1 Å². The average Bonchev–Trinajstić information content (AvgIpc) is 1.96. The Morgan fingerprint density at radius 2 is 0.727 bits per heavy atom. The largest absolute Gasteiger partial charge is 0.331 e. The van der Waals surface area contributed by atoms with Crippen LogP contribution in [0.1, 0.15) is 48.0 Å². The third-order valence-electron chi connectivity index (χ3n) is 0. The SMILES string of the molecule is CC.CCC.CCN.CCN. The Hall–Kier alpha value is -0.0800. The second-order valence-electron chi connectivity index (χ2n) is 1.52. The molecule has 2 heteroatoms. The summed E-state index contributed by atoms with van der Waals surface area (Å²) < 4.78 is 0. The van der Waals surface area contributed by atoms with Gasteiger partial charge in [-0.2, -0.15) is 0 Å². The van der Waals surface area contributed by atoms with Gasteiger partial charge in [-0.05, 0) is 13.1 Å². The van der Waals surface area contributed by atoms with Crippen molar-refractivity contribution in [1.82, 2.24) is 0 Å². The van der Waals surface area contributed by atoms with Gasteiger partial charge in [0, 0.05) is 0 Å². The maximum atomic E-state index is 4.85. The van der Waals surface area contributed by atoms with Crippen LogP contribution in [0.15, 0.2) is 0 Å². The standard InChI is InChI=1S/C3H8.2C2H7N.C2H6/c1-3-2;2*1-2-3;1-2/h3H2,1-2H3;2*2-3H2,1H3;1-2H3. The van der Waals surface area contributed by atoms with E-state index in [-0.39, 0.29) is 0 Å². The number of hydrogen-bond donors (Lipinski definition) is 2. The Bertz CT molecular complexity index is 12.3. The highest BCUT2D eigenvalue weighted by Gasteiger charge is 1.35. The third-order valence-corrected chi connectivity index (χ3v) is 0. The van der Waals surface area contributed by atoms with E-state index in [4.69, 9.17) is 11.5 Å². The predicted octanol–water partition coefficient (Wildman–Crippen LogP) is 2.37. The van der Waals surface area contributed by atoms with Crippen LogP contribution in [0.25, 0.3) is 0 Å². The molecule has 0 saturated heterocycles. The van der Waals surface area contributed by atoms with Crippen LogP contribution in [-0.2, 0) is 0 Å². The van der Waals surface area contributed by atoms with E-state index in [2.05, 4.69) is 13.8 Å². The molecule has 0 amide bonds. The summed E-state index contributed by atoms with van der Waals surface area (Å²) in [5, 5.41) is 0. The topological polar surface area (TPSA) is 52.0 Å². The van der Waals surface area contributed by atoms with Crippen LogP contribution in [0.3, 0.4) is 0 Å². The maximum absolute atomic E-state index is 4.85. The van der Waals surface area contributed by atoms with Crippen molar-refractivity contribution in [3.05, 3.63) is 0 Å². The Balaban J connectivity index is -0.0000000301. The molecule has 0 unspecified atom stereocenters. The molecule has 0 fully saturated rings. The number of hydrogen-bond acceptors (Lipinski definition) is 2. The highest BCUT2D eigenvalue weighted by Crippen LogP contribution is 1.56. The lowest BCUT2D eigenvalue weighted by Gasteiger charge is -1.53. The first-order valence-corrected chi connectivity index (χ1v) is 4.64. The Morgan fingerprint density at radius 1 is 0.727 bits per heavy atom. The highest BCUT2D eigenvalue weighted by atomic mass is 14.5. The molecule has 0 aliphatic carbocycles. The van der Waals surface area contributed by atoms with Gasteiger partial charge in [0.05, 0.1) is 0 Å². The van der Waals surface area contributed by atoms with E-state index in [1.807, 2.05) is 27.7 Å². The first kappa shape index (κ1) is 22.4. The fourth-order valence-electron chi connectivity index (χ4n) is 0. The van der Waals surface area contributed by atoms with Crippen molar-refractivity contribution >= 4 is 0 Å². The Kier molecular flexibility index (Phi) is 189. The molecule has 4 N–H and O–H groups in total. The van der Waals surface area contributed by atoms with Crippen molar-refractivity contribution in [1.29, 1.82) is 0 Å². The van der Waals surface area contributed by atoms with Crippen LogP contribution >= 0.6 is 0 Å². The minimum absolute atomic E-state index is 0.750. The zero-order valence-electron chi connectivity index (χ0n) is 9.28. The molecule has 0 saturated carbocycles. The van der Waals surface area contributed by atoms with Gasteiger partial charge in [-0.15, -0.1) is 0 Å². The summed E-state index contributed by atoms with van der Waals surface area (Å²) in [5.74, 6) is 0. The molecule has 0 aliphatic heterocycles. The highest BCUT2D eigenvalue weighted by molar-refractivity contribution is 4.00. The molecule has 74 valence electrons. The lowest BCUT2D eigenvalue weighted by molar-refractivity contribution is 1.09. The first-order chi connectivity index (χ1) is 5.24. The van der Waals surface area contributed by atoms with E-state index in [1.165, 1.54) is 6.42 Å². The molecule has 0 aliphatic rings. The first-order valence-electron chi connectivity index (χ1n) is 4.64. The van der Waals surface area contributed by atoms with Gasteiger partial charge < -0.3 is 11.5 Å². The zero-order valence-corrected chi connectivity index (χ0v) is 9.28. The van der Waals surface area contributed by atoms with Gasteiger partial charge >= 0.3 is 0 Å². The van der Waals surface area contributed by atoms with Crippen molar-refractivity contribution in [2.75, 3.05) is 13.1 Å². The van der Waals surface area contributed by atoms with Gasteiger partial charge in [0.25, 0.3) is 0 Å². The second kappa shape index (κ2) is 92.6. The van der Waals surface area contributed by atoms with Crippen LogP contribution < -0.4 is 11.5 Å². The van der Waals surface area contributed by atoms with Crippen LogP contribution in [0.5, 0.6) is 0 Å². The van der Waals surface area contributed by atoms with Gasteiger partial charge in [-0.1, -0.05) is 48.0 Å². The van der Waals surface area contributed by atoms with E-state index in [9.17, 15) is 0 Å². The van der Waals surface area contributed by atoms with Crippen LogP contribution in [0.4, 0.5) is 0 Å². The van der Waals surface area contributed by atoms with E-state index in [0.29, 0.717) is 0 Å². The molecule has 2 nitrogen and oxygen atoms in total. The quantitative estimate of drug-likeness (QED) is 0.577. The van der Waals surface area contributed by atoms with Crippen molar-refractivity contribution in [3.8, 4) is 0 Å². The van der Waals surface area contributed by atoms with Crippen LogP contribution in [0, 0.1) is 0 Å². The summed E-state index contributed by atoms with van der Waals surface area (Å²) in [6.45, 7) is 13.6. The zero-order chi connectivity index (χ0) is 10.1. The molecule has 0 rings (SSSR count). The summed E-state index contributed by atoms with van der Waals surface area (Å²) in [7, 11) is 0. The van der Waals surface area contributed by atoms with E-state index < -0.39 is 0 Å². The molecule has 0 heterocycles. The van der Waals surface area contributed by atoms with Crippen molar-refractivity contribution in [2.24, 2.45) is 11.5 Å². The summed E-state index contributed by atoms with van der Waals surface area (Å²) in [6, 6.07) is 0. The monoisotopic (exact) mass is 164 g/mol. The molecule has 11 heavy (non-hydrogen) atoms. The van der Waals surface area contributed by atoms with E-state index in [1.54, 1.807) is 0 Å². The van der Waals surface area contributed by atoms with Gasteiger partial charge in [0.2, 0.25) is 0 Å². The summed E-state index contributed by atoms with van der Waals surface area (Å²) >= 11 is 0. The van der Waals surface area contributed by atoms with Gasteiger partial charge in [-0.3, -0.25) is 0 Å². The molecule has 0 bridgehead atoms. The van der Waals surface area contributed by atoms with Crippen molar-refractivity contribution < 1.29 is 0 Å². The minimum atomic E-state index is 0.750. The molecule has 0 radical (unpaired) electrons. The van der Waals surface area contributed by atoms with Crippen molar-refractivity contribution in [3.63, 3.8) is 0 Å². The number of nitrogens with two attached hydrogens (primary N) is 2. The minimum Gasteiger partial charge on any atom is -0.331 e. The summed E-state index contributed by atoms with van der Waals surface area (Å²) in [6.07, 6.45) is 1.25. The van der Waals surface area contributed by atoms with Crippen LogP contribution in [-0.4, -0.2) is 13.1 Å². The predicted molar refractivity (Wildman–Crippen MR) is 56.8 cm³/mol. The normalized spacial score (nSPS) is 5.45. The lowest BCUT2D eigenvalue weighted by atomic mass is 10.6. The lowest BCUT2D eigenvalue weighted by Crippen LogP contribution is -1.87. The fourth-order valence-corrected chi connectivity index (χ4v) is 0. The molecule has 0 atom stereocenters. The molecular weight excluding hydrogens is 136 g/mol. The molecular formula is C9H28N2. The molecule has 0 aromatic heterocycles. The second-order valence-corrected chi connectivity index (χ2v) is 1.52. The molecule has 0 aromatic rings. The fraction of sp³-hybridized carbons (Fsp3) is 1.00. The summed E-state index contributed by atoms with van der Waals surface area (Å²) in [5.41, 5.74) is 9.69. The van der Waals surface area contributed by atoms with Gasteiger partial charge in [0.1, 0.15) is 0 Å².